The molecule has 0 bridgehead atoms. The van der Waals surface area contributed by atoms with Gasteiger partial charge in [0.05, 0.1) is 0 Å². The van der Waals surface area contributed by atoms with Gasteiger partial charge in [0, 0.05) is 10.5 Å². The van der Waals surface area contributed by atoms with E-state index in [0.29, 0.717) is 0 Å². The molecule has 1 atom stereocenters. The van der Waals surface area contributed by atoms with Crippen LogP contribution in [-0.4, -0.2) is 21.7 Å². The van der Waals surface area contributed by atoms with Gasteiger partial charge in [-0.25, -0.2) is 0 Å². The van der Waals surface area contributed by atoms with Gasteiger partial charge >= 0.3 is 0 Å². The third-order valence-electron chi connectivity index (χ3n) is 1.62. The number of para-hydroxylation sites is 1. The summed E-state index contributed by atoms with van der Waals surface area (Å²) in [5.74, 6) is -0.128. The van der Waals surface area contributed by atoms with E-state index in [4.69, 9.17) is 0 Å². The van der Waals surface area contributed by atoms with Gasteiger partial charge in [0.25, 0.3) is 0 Å². The molecule has 1 aromatic carbocycles. The average molecular weight is 183 g/mol. The Bertz CT molecular complexity index is 313. The van der Waals surface area contributed by atoms with Crippen LogP contribution in [0, 0.1) is 10.1 Å². The summed E-state index contributed by atoms with van der Waals surface area (Å²) < 4.78 is 0. The molecule has 0 aromatic heterocycles. The standard InChI is InChI=1S/C8H9NO4/c10-7-4-2-1-3-6(7)8(11)5-9(12)13/h1-4,8,10-11H,5H2/t8-/m0/s1. The Balaban J connectivity index is 2.82. The molecule has 1 rings (SSSR count). The van der Waals surface area contributed by atoms with Gasteiger partial charge in [-0.1, -0.05) is 18.2 Å². The molecular weight excluding hydrogens is 174 g/mol. The number of aromatic hydroxyl groups is 1. The van der Waals surface area contributed by atoms with Gasteiger partial charge in [0.1, 0.15) is 11.9 Å². The Morgan fingerprint density at radius 3 is 2.62 bits per heavy atom. The second-order valence-corrected chi connectivity index (χ2v) is 2.59. The number of hydrogen-bond donors (Lipinski definition) is 2. The van der Waals surface area contributed by atoms with Gasteiger partial charge < -0.3 is 10.2 Å². The summed E-state index contributed by atoms with van der Waals surface area (Å²) in [6, 6.07) is 6.00. The largest absolute Gasteiger partial charge is 0.508 e. The minimum atomic E-state index is -1.25. The zero-order valence-corrected chi connectivity index (χ0v) is 6.75. The summed E-state index contributed by atoms with van der Waals surface area (Å²) in [6.07, 6.45) is -1.25. The van der Waals surface area contributed by atoms with Crippen molar-refractivity contribution in [2.24, 2.45) is 0 Å². The molecule has 13 heavy (non-hydrogen) atoms. The first kappa shape index (κ1) is 9.47. The minimum absolute atomic E-state index is 0.128. The zero-order chi connectivity index (χ0) is 9.84. The summed E-state index contributed by atoms with van der Waals surface area (Å²) in [6.45, 7) is -0.600. The van der Waals surface area contributed by atoms with E-state index in [1.807, 2.05) is 0 Å². The second kappa shape index (κ2) is 3.86. The lowest BCUT2D eigenvalue weighted by Crippen LogP contribution is -2.11. The van der Waals surface area contributed by atoms with Gasteiger partial charge in [0.2, 0.25) is 6.54 Å². The molecular formula is C8H9NO4. The van der Waals surface area contributed by atoms with E-state index in [1.165, 1.54) is 12.1 Å². The molecule has 0 aliphatic heterocycles. The van der Waals surface area contributed by atoms with Crippen molar-refractivity contribution in [3.63, 3.8) is 0 Å². The molecule has 5 heteroatoms. The summed E-state index contributed by atoms with van der Waals surface area (Å²) in [5.41, 5.74) is 0.180. The molecule has 1 aromatic rings. The van der Waals surface area contributed by atoms with Gasteiger partial charge in [-0.15, -0.1) is 0 Å². The van der Waals surface area contributed by atoms with Gasteiger partial charge in [-0.3, -0.25) is 10.1 Å². The quantitative estimate of drug-likeness (QED) is 0.533. The minimum Gasteiger partial charge on any atom is -0.508 e. The lowest BCUT2D eigenvalue weighted by Gasteiger charge is -2.07. The van der Waals surface area contributed by atoms with Crippen molar-refractivity contribution >= 4 is 0 Å². The van der Waals surface area contributed by atoms with E-state index in [0.717, 1.165) is 0 Å². The Morgan fingerprint density at radius 1 is 1.46 bits per heavy atom. The predicted molar refractivity (Wildman–Crippen MR) is 44.9 cm³/mol. The van der Waals surface area contributed by atoms with Gasteiger partial charge in [0.15, 0.2) is 0 Å². The van der Waals surface area contributed by atoms with Crippen molar-refractivity contribution < 1.29 is 15.1 Å². The van der Waals surface area contributed by atoms with E-state index in [-0.39, 0.29) is 11.3 Å². The van der Waals surface area contributed by atoms with Crippen LogP contribution in [0.15, 0.2) is 24.3 Å². The fourth-order valence-corrected chi connectivity index (χ4v) is 1.01. The van der Waals surface area contributed by atoms with E-state index in [1.54, 1.807) is 12.1 Å². The Labute approximate surface area is 74.4 Å². The third-order valence-corrected chi connectivity index (χ3v) is 1.62. The van der Waals surface area contributed by atoms with E-state index < -0.39 is 17.6 Å². The summed E-state index contributed by atoms with van der Waals surface area (Å²) in [5, 5.41) is 28.5. The first-order chi connectivity index (χ1) is 6.11. The topological polar surface area (TPSA) is 83.6 Å². The molecule has 0 aliphatic rings. The lowest BCUT2D eigenvalue weighted by atomic mass is 10.1. The monoisotopic (exact) mass is 183 g/mol. The van der Waals surface area contributed by atoms with E-state index >= 15 is 0 Å². The number of phenols is 1. The van der Waals surface area contributed by atoms with Crippen molar-refractivity contribution in [2.45, 2.75) is 6.10 Å². The molecule has 0 aliphatic carbocycles. The highest BCUT2D eigenvalue weighted by Crippen LogP contribution is 2.23. The fraction of sp³-hybridized carbons (Fsp3) is 0.250. The Morgan fingerprint density at radius 2 is 2.08 bits per heavy atom. The number of rotatable bonds is 3. The van der Waals surface area contributed by atoms with Crippen molar-refractivity contribution in [2.75, 3.05) is 6.54 Å². The predicted octanol–water partition coefficient (Wildman–Crippen LogP) is 0.702. The van der Waals surface area contributed by atoms with Crippen LogP contribution in [0.1, 0.15) is 11.7 Å². The van der Waals surface area contributed by atoms with E-state index in [2.05, 4.69) is 0 Å². The number of aliphatic hydroxyl groups is 1. The highest BCUT2D eigenvalue weighted by atomic mass is 16.6. The lowest BCUT2D eigenvalue weighted by molar-refractivity contribution is -0.491. The number of benzene rings is 1. The summed E-state index contributed by atoms with van der Waals surface area (Å²) in [7, 11) is 0. The molecule has 0 saturated carbocycles. The first-order valence-electron chi connectivity index (χ1n) is 3.69. The highest BCUT2D eigenvalue weighted by Gasteiger charge is 2.16. The molecule has 0 amide bonds. The molecule has 5 nitrogen and oxygen atoms in total. The van der Waals surface area contributed by atoms with Crippen molar-refractivity contribution in [1.82, 2.24) is 0 Å². The van der Waals surface area contributed by atoms with Crippen LogP contribution in [0.2, 0.25) is 0 Å². The SMILES string of the molecule is O=[N+]([O-])C[C@H](O)c1ccccc1O. The van der Waals surface area contributed by atoms with Crippen molar-refractivity contribution in [3.05, 3.63) is 39.9 Å². The number of phenolic OH excluding ortho intramolecular Hbond substituents is 1. The maximum Gasteiger partial charge on any atom is 0.233 e. The van der Waals surface area contributed by atoms with Crippen LogP contribution in [0.4, 0.5) is 0 Å². The zero-order valence-electron chi connectivity index (χ0n) is 6.75. The van der Waals surface area contributed by atoms with Crippen LogP contribution in [0.5, 0.6) is 5.75 Å². The normalized spacial score (nSPS) is 12.4. The maximum atomic E-state index is 10.1. The number of nitrogens with zero attached hydrogens (tertiary/aromatic N) is 1. The molecule has 0 radical (unpaired) electrons. The first-order valence-corrected chi connectivity index (χ1v) is 3.69. The van der Waals surface area contributed by atoms with Crippen LogP contribution in [-0.2, 0) is 0 Å². The molecule has 0 saturated heterocycles. The van der Waals surface area contributed by atoms with Crippen LogP contribution in [0.25, 0.3) is 0 Å². The van der Waals surface area contributed by atoms with Gasteiger partial charge in [-0.2, -0.15) is 0 Å². The molecule has 70 valence electrons. The average Bonchev–Trinajstić information content (AvgIpc) is 2.03. The molecule has 2 N–H and O–H groups in total. The van der Waals surface area contributed by atoms with E-state index in [9.17, 15) is 20.3 Å². The second-order valence-electron chi connectivity index (χ2n) is 2.59. The molecule has 0 unspecified atom stereocenters. The Hall–Kier alpha value is -1.62. The number of nitro groups is 1. The molecule has 0 heterocycles. The maximum absolute atomic E-state index is 10.1. The van der Waals surface area contributed by atoms with Crippen LogP contribution >= 0.6 is 0 Å². The summed E-state index contributed by atoms with van der Waals surface area (Å²) in [4.78, 5) is 9.43. The van der Waals surface area contributed by atoms with Crippen LogP contribution in [0.3, 0.4) is 0 Å². The van der Waals surface area contributed by atoms with Gasteiger partial charge in [-0.05, 0) is 6.07 Å². The smallest absolute Gasteiger partial charge is 0.233 e. The Kier molecular flexibility index (Phi) is 2.81. The number of aliphatic hydroxyl groups excluding tert-OH is 1. The fourth-order valence-electron chi connectivity index (χ4n) is 1.01. The highest BCUT2D eigenvalue weighted by molar-refractivity contribution is 5.33. The van der Waals surface area contributed by atoms with Crippen molar-refractivity contribution in [3.8, 4) is 5.75 Å². The molecule has 0 spiro atoms. The van der Waals surface area contributed by atoms with Crippen LogP contribution < -0.4 is 0 Å². The third kappa shape index (κ3) is 2.41. The number of hydrogen-bond acceptors (Lipinski definition) is 4. The van der Waals surface area contributed by atoms with Crippen molar-refractivity contribution in [1.29, 1.82) is 0 Å². The summed E-state index contributed by atoms with van der Waals surface area (Å²) >= 11 is 0. The molecule has 0 fully saturated rings.